The molecule has 0 bridgehead atoms. The van der Waals surface area contributed by atoms with Crippen molar-refractivity contribution in [1.82, 2.24) is 14.9 Å². The van der Waals surface area contributed by atoms with Gasteiger partial charge in [0, 0.05) is 6.42 Å². The molecule has 0 fully saturated rings. The molecule has 0 atom stereocenters. The second-order valence-corrected chi connectivity index (χ2v) is 1.82. The fourth-order valence-electron chi connectivity index (χ4n) is 0.585. The van der Waals surface area contributed by atoms with Crippen LogP contribution in [0.4, 0.5) is 0 Å². The molecule has 0 aliphatic rings. The second-order valence-electron chi connectivity index (χ2n) is 1.82. The third-order valence-corrected chi connectivity index (χ3v) is 1.11. The molecule has 1 rings (SSSR count). The molecule has 1 aromatic heterocycles. The molecule has 1 heterocycles. The maximum atomic E-state index is 8.81. The zero-order valence-electron chi connectivity index (χ0n) is 5.50. The summed E-state index contributed by atoms with van der Waals surface area (Å²) < 4.78 is 0. The van der Waals surface area contributed by atoms with Crippen molar-refractivity contribution in [2.24, 2.45) is 0 Å². The minimum Gasteiger partial charge on any atom is -0.410 e. The Morgan fingerprint density at radius 1 is 1.67 bits per heavy atom. The zero-order valence-corrected chi connectivity index (χ0v) is 5.50. The Balaban J connectivity index is 2.98. The number of nitrogens with zero attached hydrogens (tertiary/aromatic N) is 3. The van der Waals surface area contributed by atoms with Gasteiger partial charge in [0.05, 0.1) is 0 Å². The molecule has 50 valence electrons. The van der Waals surface area contributed by atoms with Crippen LogP contribution in [0.2, 0.25) is 0 Å². The van der Waals surface area contributed by atoms with Gasteiger partial charge in [-0.2, -0.15) is 0 Å². The first-order chi connectivity index (χ1) is 4.24. The fourth-order valence-corrected chi connectivity index (χ4v) is 0.585. The van der Waals surface area contributed by atoms with Crippen molar-refractivity contribution < 1.29 is 5.21 Å². The summed E-state index contributed by atoms with van der Waals surface area (Å²) in [5.74, 6) is 1.21. The summed E-state index contributed by atoms with van der Waals surface area (Å²) in [6.45, 7) is 3.64. The van der Waals surface area contributed by atoms with Gasteiger partial charge < -0.3 is 5.21 Å². The summed E-state index contributed by atoms with van der Waals surface area (Å²) in [6.07, 6.45) is 0.758. The lowest BCUT2D eigenvalue weighted by atomic mass is 10.5. The van der Waals surface area contributed by atoms with Gasteiger partial charge in [-0.25, -0.2) is 4.98 Å². The van der Waals surface area contributed by atoms with E-state index in [9.17, 15) is 0 Å². The number of rotatable bonds is 1. The normalized spacial score (nSPS) is 10.0. The van der Waals surface area contributed by atoms with Crippen LogP contribution in [0.3, 0.4) is 0 Å². The van der Waals surface area contributed by atoms with Crippen molar-refractivity contribution in [2.45, 2.75) is 20.3 Å². The molecule has 0 amide bonds. The maximum absolute atomic E-state index is 8.81. The summed E-state index contributed by atoms with van der Waals surface area (Å²) >= 11 is 0. The number of aryl methyl sites for hydroxylation is 2. The summed E-state index contributed by atoms with van der Waals surface area (Å²) in [7, 11) is 0. The van der Waals surface area contributed by atoms with Crippen LogP contribution in [0.15, 0.2) is 0 Å². The van der Waals surface area contributed by atoms with Crippen molar-refractivity contribution in [1.29, 1.82) is 0 Å². The number of hydrogen-bond donors (Lipinski definition) is 1. The molecule has 1 aromatic rings. The Bertz CT molecular complexity index is 186. The van der Waals surface area contributed by atoms with E-state index in [-0.39, 0.29) is 0 Å². The van der Waals surface area contributed by atoms with Crippen molar-refractivity contribution in [3.63, 3.8) is 0 Å². The molecule has 0 aromatic carbocycles. The molecule has 0 saturated carbocycles. The van der Waals surface area contributed by atoms with Gasteiger partial charge in [-0.15, -0.1) is 5.10 Å². The molecule has 1 N–H and O–H groups in total. The van der Waals surface area contributed by atoms with Crippen molar-refractivity contribution in [3.8, 4) is 0 Å². The standard InChI is InChI=1S/C5H9N3O/c1-3-5-6-4(2)8(9)7-5/h9H,3H2,1-2H3. The monoisotopic (exact) mass is 127 g/mol. The predicted molar refractivity (Wildman–Crippen MR) is 31.3 cm³/mol. The first-order valence-corrected chi connectivity index (χ1v) is 2.86. The lowest BCUT2D eigenvalue weighted by molar-refractivity contribution is 0.140. The van der Waals surface area contributed by atoms with Gasteiger partial charge in [0.15, 0.2) is 11.6 Å². The smallest absolute Gasteiger partial charge is 0.165 e. The van der Waals surface area contributed by atoms with Crippen molar-refractivity contribution in [3.05, 3.63) is 11.6 Å². The Morgan fingerprint density at radius 3 is 2.56 bits per heavy atom. The lowest BCUT2D eigenvalue weighted by Gasteiger charge is -1.83. The lowest BCUT2D eigenvalue weighted by Crippen LogP contribution is -1.94. The van der Waals surface area contributed by atoms with Crippen LogP contribution in [0.1, 0.15) is 18.6 Å². The van der Waals surface area contributed by atoms with E-state index in [2.05, 4.69) is 10.1 Å². The molecular weight excluding hydrogens is 118 g/mol. The van der Waals surface area contributed by atoms with Crippen LogP contribution in [-0.4, -0.2) is 20.1 Å². The third-order valence-electron chi connectivity index (χ3n) is 1.11. The van der Waals surface area contributed by atoms with E-state index in [1.807, 2.05) is 6.92 Å². The van der Waals surface area contributed by atoms with Crippen LogP contribution < -0.4 is 0 Å². The van der Waals surface area contributed by atoms with Gasteiger partial charge in [-0.05, 0) is 6.92 Å². The van der Waals surface area contributed by atoms with E-state index < -0.39 is 0 Å². The molecule has 0 unspecified atom stereocenters. The highest BCUT2D eigenvalue weighted by atomic mass is 16.5. The zero-order chi connectivity index (χ0) is 6.85. The van der Waals surface area contributed by atoms with Crippen LogP contribution in [-0.2, 0) is 6.42 Å². The Kier molecular flexibility index (Phi) is 1.38. The molecule has 9 heavy (non-hydrogen) atoms. The van der Waals surface area contributed by atoms with Gasteiger partial charge in [-0.1, -0.05) is 11.8 Å². The maximum Gasteiger partial charge on any atom is 0.165 e. The fraction of sp³-hybridized carbons (Fsp3) is 0.600. The Hall–Kier alpha value is -1.06. The Morgan fingerprint density at radius 2 is 2.33 bits per heavy atom. The molecule has 0 saturated heterocycles. The highest BCUT2D eigenvalue weighted by molar-refractivity contribution is 4.87. The molecule has 0 spiro atoms. The number of aromatic nitrogens is 3. The first-order valence-electron chi connectivity index (χ1n) is 2.86. The summed E-state index contributed by atoms with van der Waals surface area (Å²) in [6, 6.07) is 0. The van der Waals surface area contributed by atoms with Gasteiger partial charge >= 0.3 is 0 Å². The van der Waals surface area contributed by atoms with E-state index in [0.29, 0.717) is 11.6 Å². The van der Waals surface area contributed by atoms with E-state index >= 15 is 0 Å². The minimum atomic E-state index is 0.534. The van der Waals surface area contributed by atoms with E-state index in [0.717, 1.165) is 11.3 Å². The number of hydrogen-bond acceptors (Lipinski definition) is 3. The molecular formula is C5H9N3O. The van der Waals surface area contributed by atoms with Gasteiger partial charge in [0.2, 0.25) is 0 Å². The second kappa shape index (κ2) is 2.05. The van der Waals surface area contributed by atoms with E-state index in [1.165, 1.54) is 0 Å². The summed E-state index contributed by atoms with van der Waals surface area (Å²) in [5.41, 5.74) is 0. The largest absolute Gasteiger partial charge is 0.410 e. The molecule has 0 aliphatic heterocycles. The van der Waals surface area contributed by atoms with E-state index in [4.69, 9.17) is 5.21 Å². The SMILES string of the molecule is CCc1nc(C)n(O)n1. The van der Waals surface area contributed by atoms with Crippen LogP contribution >= 0.6 is 0 Å². The van der Waals surface area contributed by atoms with Crippen molar-refractivity contribution >= 4 is 0 Å². The first kappa shape index (κ1) is 6.07. The molecule has 4 heteroatoms. The predicted octanol–water partition coefficient (Wildman–Crippen LogP) is 0.386. The molecule has 0 radical (unpaired) electrons. The highest BCUT2D eigenvalue weighted by Crippen LogP contribution is 1.93. The third kappa shape index (κ3) is 1.01. The average molecular weight is 127 g/mol. The summed E-state index contributed by atoms with van der Waals surface area (Å²) in [5, 5.41) is 12.5. The van der Waals surface area contributed by atoms with Crippen LogP contribution in [0.25, 0.3) is 0 Å². The van der Waals surface area contributed by atoms with Gasteiger partial charge in [-0.3, -0.25) is 0 Å². The highest BCUT2D eigenvalue weighted by Gasteiger charge is 1.99. The summed E-state index contributed by atoms with van der Waals surface area (Å²) in [4.78, 5) is 4.72. The molecule has 4 nitrogen and oxygen atoms in total. The van der Waals surface area contributed by atoms with Crippen molar-refractivity contribution in [2.75, 3.05) is 0 Å². The van der Waals surface area contributed by atoms with Crippen LogP contribution in [0.5, 0.6) is 0 Å². The average Bonchev–Trinajstić information content (AvgIpc) is 2.13. The minimum absolute atomic E-state index is 0.534. The molecule has 0 aliphatic carbocycles. The topological polar surface area (TPSA) is 50.9 Å². The Labute approximate surface area is 53.1 Å². The van der Waals surface area contributed by atoms with Crippen LogP contribution in [0, 0.1) is 6.92 Å². The van der Waals surface area contributed by atoms with Gasteiger partial charge in [0.25, 0.3) is 0 Å². The van der Waals surface area contributed by atoms with E-state index in [1.54, 1.807) is 6.92 Å². The quantitative estimate of drug-likeness (QED) is 0.555. The van der Waals surface area contributed by atoms with Gasteiger partial charge in [0.1, 0.15) is 0 Å².